The molecule has 4 nitrogen and oxygen atoms in total. The molecule has 0 saturated heterocycles. The molecule has 1 aliphatic carbocycles. The molecule has 0 aromatic heterocycles. The van der Waals surface area contributed by atoms with Gasteiger partial charge in [0.25, 0.3) is 0 Å². The second kappa shape index (κ2) is 7.87. The Bertz CT molecular complexity index is 507. The summed E-state index contributed by atoms with van der Waals surface area (Å²) in [6, 6.07) is 5.29. The van der Waals surface area contributed by atoms with Gasteiger partial charge in [-0.15, -0.1) is 0 Å². The van der Waals surface area contributed by atoms with Crippen LogP contribution in [0.4, 0.5) is 8.78 Å². The quantitative estimate of drug-likeness (QED) is 0.570. The fourth-order valence-electron chi connectivity index (χ4n) is 2.56. The highest BCUT2D eigenvalue weighted by atomic mass is 19.3. The Morgan fingerprint density at radius 3 is 2.36 bits per heavy atom. The number of carbonyl (C=O) groups is 2. The number of ether oxygens (including phenoxy) is 2. The Kier molecular flexibility index (Phi) is 5.86. The van der Waals surface area contributed by atoms with Crippen molar-refractivity contribution in [1.82, 2.24) is 0 Å². The number of Topliss-reactive ketones (excluding diaryl/α,β-unsaturated/α-hetero) is 1. The van der Waals surface area contributed by atoms with Crippen molar-refractivity contribution in [3.05, 3.63) is 29.8 Å². The minimum absolute atomic E-state index is 0.0234. The summed E-state index contributed by atoms with van der Waals surface area (Å²) in [5, 5.41) is 0. The maximum atomic E-state index is 12.0. The number of esters is 1. The fourth-order valence-corrected chi connectivity index (χ4v) is 2.56. The molecular weight excluding hydrogens is 294 g/mol. The van der Waals surface area contributed by atoms with Crippen molar-refractivity contribution < 1.29 is 27.8 Å². The van der Waals surface area contributed by atoms with E-state index in [1.54, 1.807) is 0 Å². The lowest BCUT2D eigenvalue weighted by atomic mass is 10.0. The second-order valence-corrected chi connectivity index (χ2v) is 5.34. The lowest BCUT2D eigenvalue weighted by Crippen LogP contribution is -2.16. The van der Waals surface area contributed by atoms with E-state index in [2.05, 4.69) is 4.74 Å². The van der Waals surface area contributed by atoms with E-state index in [-0.39, 0.29) is 29.7 Å². The van der Waals surface area contributed by atoms with Crippen molar-refractivity contribution in [3.8, 4) is 5.75 Å². The van der Waals surface area contributed by atoms with Crippen LogP contribution in [-0.2, 0) is 9.53 Å². The number of carbonyl (C=O) groups excluding carboxylic acids is 2. The van der Waals surface area contributed by atoms with Gasteiger partial charge in [-0.1, -0.05) is 12.8 Å². The van der Waals surface area contributed by atoms with Gasteiger partial charge < -0.3 is 9.47 Å². The zero-order valence-electron chi connectivity index (χ0n) is 12.1. The molecule has 0 unspecified atom stereocenters. The van der Waals surface area contributed by atoms with E-state index in [0.29, 0.717) is 12.3 Å². The third kappa shape index (κ3) is 5.09. The smallest absolute Gasteiger partial charge is 0.387 e. The largest absolute Gasteiger partial charge is 0.457 e. The summed E-state index contributed by atoms with van der Waals surface area (Å²) in [4.78, 5) is 23.5. The van der Waals surface area contributed by atoms with Gasteiger partial charge in [0.05, 0.1) is 0 Å². The van der Waals surface area contributed by atoms with E-state index in [0.717, 1.165) is 25.7 Å². The van der Waals surface area contributed by atoms with Crippen molar-refractivity contribution in [2.75, 3.05) is 6.61 Å². The summed E-state index contributed by atoms with van der Waals surface area (Å²) >= 11 is 0. The number of halogens is 2. The molecule has 0 N–H and O–H groups in total. The van der Waals surface area contributed by atoms with E-state index >= 15 is 0 Å². The average molecular weight is 312 g/mol. The molecule has 120 valence electrons. The van der Waals surface area contributed by atoms with Crippen LogP contribution in [0.25, 0.3) is 0 Å². The van der Waals surface area contributed by atoms with Gasteiger partial charge in [-0.05, 0) is 43.0 Å². The molecule has 0 radical (unpaired) electrons. The predicted octanol–water partition coefficient (Wildman–Crippen LogP) is 3.59. The van der Waals surface area contributed by atoms with E-state index in [4.69, 9.17) is 4.74 Å². The van der Waals surface area contributed by atoms with Crippen LogP contribution >= 0.6 is 0 Å². The van der Waals surface area contributed by atoms with Gasteiger partial charge in [0.1, 0.15) is 5.75 Å². The summed E-state index contributed by atoms with van der Waals surface area (Å²) < 4.78 is 33.2. The molecule has 0 aliphatic heterocycles. The van der Waals surface area contributed by atoms with Crippen LogP contribution in [0.1, 0.15) is 42.5 Å². The van der Waals surface area contributed by atoms with Crippen LogP contribution in [0.3, 0.4) is 0 Å². The predicted molar refractivity (Wildman–Crippen MR) is 74.9 cm³/mol. The number of alkyl halides is 2. The molecule has 0 heterocycles. The Morgan fingerprint density at radius 1 is 1.14 bits per heavy atom. The SMILES string of the molecule is O=C(CC1CCCC1)OCC(=O)c1ccc(OC(F)F)cc1. The van der Waals surface area contributed by atoms with Crippen molar-refractivity contribution in [3.63, 3.8) is 0 Å². The molecule has 0 atom stereocenters. The summed E-state index contributed by atoms with van der Waals surface area (Å²) in [6.07, 6.45) is 4.71. The van der Waals surface area contributed by atoms with E-state index in [1.807, 2.05) is 0 Å². The van der Waals surface area contributed by atoms with Crippen molar-refractivity contribution in [2.45, 2.75) is 38.7 Å². The van der Waals surface area contributed by atoms with Gasteiger partial charge in [0.2, 0.25) is 0 Å². The molecule has 22 heavy (non-hydrogen) atoms. The summed E-state index contributed by atoms with van der Waals surface area (Å²) in [5.74, 6) is -0.389. The first-order valence-electron chi connectivity index (χ1n) is 7.28. The summed E-state index contributed by atoms with van der Waals surface area (Å²) in [7, 11) is 0. The number of hydrogen-bond donors (Lipinski definition) is 0. The first-order valence-corrected chi connectivity index (χ1v) is 7.28. The molecule has 6 heteroatoms. The first kappa shape index (κ1) is 16.4. The lowest BCUT2D eigenvalue weighted by Gasteiger charge is -2.09. The highest BCUT2D eigenvalue weighted by Crippen LogP contribution is 2.27. The van der Waals surface area contributed by atoms with Crippen LogP contribution in [0.5, 0.6) is 5.75 Å². The van der Waals surface area contributed by atoms with E-state index in [9.17, 15) is 18.4 Å². The molecule has 1 fully saturated rings. The number of ketones is 1. The molecule has 2 rings (SSSR count). The maximum Gasteiger partial charge on any atom is 0.387 e. The van der Waals surface area contributed by atoms with Gasteiger partial charge >= 0.3 is 12.6 Å². The van der Waals surface area contributed by atoms with Crippen LogP contribution in [0, 0.1) is 5.92 Å². The van der Waals surface area contributed by atoms with Crippen molar-refractivity contribution in [1.29, 1.82) is 0 Å². The number of rotatable bonds is 7. The Morgan fingerprint density at radius 2 is 1.77 bits per heavy atom. The molecule has 0 bridgehead atoms. The molecule has 1 aromatic carbocycles. The highest BCUT2D eigenvalue weighted by molar-refractivity contribution is 5.98. The molecule has 1 aromatic rings. The van der Waals surface area contributed by atoms with Crippen LogP contribution in [0.15, 0.2) is 24.3 Å². The minimum atomic E-state index is -2.90. The van der Waals surface area contributed by atoms with E-state index < -0.39 is 6.61 Å². The lowest BCUT2D eigenvalue weighted by molar-refractivity contribution is -0.143. The fraction of sp³-hybridized carbons (Fsp3) is 0.500. The molecular formula is C16H18F2O4. The number of hydrogen-bond acceptors (Lipinski definition) is 4. The normalized spacial score (nSPS) is 15.0. The Labute approximate surface area is 127 Å². The first-order chi connectivity index (χ1) is 10.5. The minimum Gasteiger partial charge on any atom is -0.457 e. The third-order valence-electron chi connectivity index (χ3n) is 3.70. The standard InChI is InChI=1S/C16H18F2O4/c17-16(18)22-13-7-5-12(6-8-13)14(19)10-21-15(20)9-11-3-1-2-4-11/h5-8,11,16H,1-4,9-10H2. The molecule has 1 aliphatic rings. The average Bonchev–Trinajstić information content (AvgIpc) is 2.98. The topological polar surface area (TPSA) is 52.6 Å². The summed E-state index contributed by atoms with van der Waals surface area (Å²) in [5.41, 5.74) is 0.287. The zero-order valence-corrected chi connectivity index (χ0v) is 12.1. The number of benzene rings is 1. The maximum absolute atomic E-state index is 12.0. The Hall–Kier alpha value is -1.98. The van der Waals surface area contributed by atoms with Gasteiger partial charge in [0, 0.05) is 12.0 Å². The van der Waals surface area contributed by atoms with Crippen molar-refractivity contribution >= 4 is 11.8 Å². The Balaban J connectivity index is 1.77. The monoisotopic (exact) mass is 312 g/mol. The van der Waals surface area contributed by atoms with Gasteiger partial charge in [-0.3, -0.25) is 9.59 Å². The van der Waals surface area contributed by atoms with Crippen LogP contribution < -0.4 is 4.74 Å². The van der Waals surface area contributed by atoms with Crippen molar-refractivity contribution in [2.24, 2.45) is 5.92 Å². The van der Waals surface area contributed by atoms with E-state index in [1.165, 1.54) is 24.3 Å². The van der Waals surface area contributed by atoms with Crippen LogP contribution in [-0.4, -0.2) is 25.0 Å². The molecule has 1 saturated carbocycles. The van der Waals surface area contributed by atoms with Crippen LogP contribution in [0.2, 0.25) is 0 Å². The second-order valence-electron chi connectivity index (χ2n) is 5.34. The van der Waals surface area contributed by atoms with Gasteiger partial charge in [-0.2, -0.15) is 8.78 Å². The summed E-state index contributed by atoms with van der Waals surface area (Å²) in [6.45, 7) is -3.24. The molecule has 0 spiro atoms. The molecule has 0 amide bonds. The van der Waals surface area contributed by atoms with Gasteiger partial charge in [0.15, 0.2) is 12.4 Å². The highest BCUT2D eigenvalue weighted by Gasteiger charge is 2.20. The third-order valence-corrected chi connectivity index (χ3v) is 3.70. The van der Waals surface area contributed by atoms with Gasteiger partial charge in [-0.25, -0.2) is 0 Å². The zero-order chi connectivity index (χ0) is 15.9.